The first-order chi connectivity index (χ1) is 9.08. The smallest absolute Gasteiger partial charge is 0.222 e. The molecule has 1 aliphatic heterocycles. The van der Waals surface area contributed by atoms with E-state index in [4.69, 9.17) is 0 Å². The molecule has 19 heavy (non-hydrogen) atoms. The van der Waals surface area contributed by atoms with E-state index in [1.54, 1.807) is 0 Å². The second-order valence-electron chi connectivity index (χ2n) is 5.43. The van der Waals surface area contributed by atoms with Crippen molar-refractivity contribution in [3.63, 3.8) is 0 Å². The van der Waals surface area contributed by atoms with Gasteiger partial charge in [-0.2, -0.15) is 0 Å². The van der Waals surface area contributed by atoms with Gasteiger partial charge in [0.25, 0.3) is 0 Å². The zero-order chi connectivity index (χ0) is 13.8. The van der Waals surface area contributed by atoms with Gasteiger partial charge in [0.1, 0.15) is 0 Å². The third-order valence-corrected chi connectivity index (χ3v) is 4.81. The Morgan fingerprint density at radius 1 is 1.53 bits per heavy atom. The van der Waals surface area contributed by atoms with Crippen molar-refractivity contribution >= 4 is 17.2 Å². The van der Waals surface area contributed by atoms with Crippen molar-refractivity contribution in [1.29, 1.82) is 0 Å². The minimum Gasteiger partial charge on any atom is -0.337 e. The number of thiophene rings is 1. The van der Waals surface area contributed by atoms with Gasteiger partial charge in [0.15, 0.2) is 0 Å². The molecular weight excluding hydrogens is 256 g/mol. The summed E-state index contributed by atoms with van der Waals surface area (Å²) in [5.41, 5.74) is 1.42. The Morgan fingerprint density at radius 3 is 2.95 bits per heavy atom. The van der Waals surface area contributed by atoms with E-state index in [0.29, 0.717) is 18.4 Å². The third kappa shape index (κ3) is 3.80. The first-order valence-electron chi connectivity index (χ1n) is 7.14. The van der Waals surface area contributed by atoms with Gasteiger partial charge in [-0.1, -0.05) is 0 Å². The highest BCUT2D eigenvalue weighted by molar-refractivity contribution is 7.12. The summed E-state index contributed by atoms with van der Waals surface area (Å²) in [6, 6.07) is 2.60. The number of nitrogens with zero attached hydrogens (tertiary/aromatic N) is 1. The molecule has 2 rings (SSSR count). The lowest BCUT2D eigenvalue weighted by molar-refractivity contribution is -0.134. The zero-order valence-corrected chi connectivity index (χ0v) is 13.0. The maximum Gasteiger partial charge on any atom is 0.222 e. The van der Waals surface area contributed by atoms with Gasteiger partial charge in [0.05, 0.1) is 0 Å². The van der Waals surface area contributed by atoms with Gasteiger partial charge in [0, 0.05) is 41.9 Å². The normalized spacial score (nSPS) is 19.7. The van der Waals surface area contributed by atoms with Gasteiger partial charge in [-0.15, -0.1) is 11.3 Å². The number of amides is 1. The SMILES string of the molecule is Cc1cc(CCCC(=O)N2CCNC[C@@H]2C)c(C)s1. The number of nitrogens with one attached hydrogen (secondary N) is 1. The first kappa shape index (κ1) is 14.5. The van der Waals surface area contributed by atoms with E-state index in [1.807, 2.05) is 16.2 Å². The molecule has 0 radical (unpaired) electrons. The molecule has 1 aromatic heterocycles. The minimum absolute atomic E-state index is 0.318. The molecule has 1 aromatic rings. The number of carbonyl (C=O) groups is 1. The summed E-state index contributed by atoms with van der Waals surface area (Å²) in [6.45, 7) is 9.16. The van der Waals surface area contributed by atoms with E-state index in [0.717, 1.165) is 32.5 Å². The van der Waals surface area contributed by atoms with Crippen molar-refractivity contribution in [3.8, 4) is 0 Å². The largest absolute Gasteiger partial charge is 0.337 e. The number of hydrogen-bond donors (Lipinski definition) is 1. The average Bonchev–Trinajstić information content (AvgIpc) is 2.68. The minimum atomic E-state index is 0.318. The van der Waals surface area contributed by atoms with Crippen LogP contribution in [-0.4, -0.2) is 36.5 Å². The van der Waals surface area contributed by atoms with Crippen molar-refractivity contribution in [2.45, 2.75) is 46.1 Å². The topological polar surface area (TPSA) is 32.3 Å². The quantitative estimate of drug-likeness (QED) is 0.919. The molecule has 0 aromatic carbocycles. The van der Waals surface area contributed by atoms with E-state index in [2.05, 4.69) is 32.2 Å². The first-order valence-corrected chi connectivity index (χ1v) is 7.95. The Kier molecular flexibility index (Phi) is 4.99. The van der Waals surface area contributed by atoms with Crippen LogP contribution in [0.15, 0.2) is 6.07 Å². The average molecular weight is 280 g/mol. The van der Waals surface area contributed by atoms with Gasteiger partial charge in [-0.05, 0) is 45.2 Å². The molecule has 4 heteroatoms. The fourth-order valence-corrected chi connectivity index (χ4v) is 3.69. The maximum absolute atomic E-state index is 12.2. The summed E-state index contributed by atoms with van der Waals surface area (Å²) in [4.78, 5) is 17.0. The van der Waals surface area contributed by atoms with E-state index in [-0.39, 0.29) is 0 Å². The van der Waals surface area contributed by atoms with Crippen LogP contribution in [0.5, 0.6) is 0 Å². The third-order valence-electron chi connectivity index (χ3n) is 3.80. The van der Waals surface area contributed by atoms with E-state index in [9.17, 15) is 4.79 Å². The van der Waals surface area contributed by atoms with E-state index in [1.165, 1.54) is 15.3 Å². The highest BCUT2D eigenvalue weighted by Crippen LogP contribution is 2.22. The van der Waals surface area contributed by atoms with Crippen LogP contribution in [0.2, 0.25) is 0 Å². The molecule has 1 fully saturated rings. The lowest BCUT2D eigenvalue weighted by atomic mass is 10.1. The molecule has 1 N–H and O–H groups in total. The number of rotatable bonds is 4. The Hall–Kier alpha value is -0.870. The second kappa shape index (κ2) is 6.53. The number of aryl methyl sites for hydroxylation is 3. The predicted octanol–water partition coefficient (Wildman–Crippen LogP) is 2.51. The highest BCUT2D eigenvalue weighted by atomic mass is 32.1. The van der Waals surface area contributed by atoms with Crippen LogP contribution < -0.4 is 5.32 Å². The summed E-state index contributed by atoms with van der Waals surface area (Å²) >= 11 is 1.85. The molecule has 106 valence electrons. The van der Waals surface area contributed by atoms with Crippen LogP contribution in [0.25, 0.3) is 0 Å². The van der Waals surface area contributed by atoms with Gasteiger partial charge >= 0.3 is 0 Å². The lowest BCUT2D eigenvalue weighted by Gasteiger charge is -2.34. The molecule has 2 heterocycles. The fourth-order valence-electron chi connectivity index (χ4n) is 2.72. The van der Waals surface area contributed by atoms with Gasteiger partial charge in [-0.3, -0.25) is 4.79 Å². The van der Waals surface area contributed by atoms with Gasteiger partial charge in [0.2, 0.25) is 5.91 Å². The molecule has 0 bridgehead atoms. The maximum atomic E-state index is 12.2. The number of carbonyl (C=O) groups excluding carboxylic acids is 1. The number of hydrogen-bond acceptors (Lipinski definition) is 3. The molecule has 1 amide bonds. The molecule has 0 aliphatic carbocycles. The summed E-state index contributed by atoms with van der Waals surface area (Å²) in [6.07, 6.45) is 2.67. The monoisotopic (exact) mass is 280 g/mol. The highest BCUT2D eigenvalue weighted by Gasteiger charge is 2.22. The van der Waals surface area contributed by atoms with E-state index < -0.39 is 0 Å². The number of piperazine rings is 1. The second-order valence-corrected chi connectivity index (χ2v) is 6.89. The van der Waals surface area contributed by atoms with Crippen molar-refractivity contribution < 1.29 is 4.79 Å². The van der Waals surface area contributed by atoms with Crippen LogP contribution in [0.1, 0.15) is 35.1 Å². The van der Waals surface area contributed by atoms with Crippen LogP contribution in [0, 0.1) is 13.8 Å². The van der Waals surface area contributed by atoms with Crippen LogP contribution >= 0.6 is 11.3 Å². The molecule has 1 atom stereocenters. The lowest BCUT2D eigenvalue weighted by Crippen LogP contribution is -2.52. The Morgan fingerprint density at radius 2 is 2.32 bits per heavy atom. The van der Waals surface area contributed by atoms with Crippen molar-refractivity contribution in [1.82, 2.24) is 10.2 Å². The standard InChI is InChI=1S/C15H24N2OS/c1-11-10-16-7-8-17(11)15(18)6-4-5-14-9-12(2)19-13(14)3/h9,11,16H,4-8,10H2,1-3H3/t11-/m0/s1. The molecule has 1 saturated heterocycles. The summed E-state index contributed by atoms with van der Waals surface area (Å²) in [7, 11) is 0. The van der Waals surface area contributed by atoms with Crippen LogP contribution in [-0.2, 0) is 11.2 Å². The summed E-state index contributed by atoms with van der Waals surface area (Å²) in [5, 5.41) is 3.32. The summed E-state index contributed by atoms with van der Waals surface area (Å²) in [5.74, 6) is 0.318. The Balaban J connectivity index is 1.79. The molecule has 0 spiro atoms. The molecule has 3 nitrogen and oxygen atoms in total. The molecule has 0 saturated carbocycles. The van der Waals surface area contributed by atoms with E-state index >= 15 is 0 Å². The van der Waals surface area contributed by atoms with Crippen molar-refractivity contribution in [2.24, 2.45) is 0 Å². The summed E-state index contributed by atoms with van der Waals surface area (Å²) < 4.78 is 0. The van der Waals surface area contributed by atoms with Crippen LogP contribution in [0.4, 0.5) is 0 Å². The van der Waals surface area contributed by atoms with Gasteiger partial charge < -0.3 is 10.2 Å². The van der Waals surface area contributed by atoms with Crippen molar-refractivity contribution in [3.05, 3.63) is 21.4 Å². The zero-order valence-electron chi connectivity index (χ0n) is 12.2. The Bertz CT molecular complexity index is 441. The Labute approximate surface area is 120 Å². The van der Waals surface area contributed by atoms with Gasteiger partial charge in [-0.25, -0.2) is 0 Å². The van der Waals surface area contributed by atoms with Crippen LogP contribution in [0.3, 0.4) is 0 Å². The molecule has 0 unspecified atom stereocenters. The molecule has 1 aliphatic rings. The molecular formula is C15H24N2OS. The van der Waals surface area contributed by atoms with Crippen molar-refractivity contribution in [2.75, 3.05) is 19.6 Å². The predicted molar refractivity (Wildman–Crippen MR) is 80.8 cm³/mol. The fraction of sp³-hybridized carbons (Fsp3) is 0.667.